The molecule has 0 saturated carbocycles. The second-order valence-electron chi connectivity index (χ2n) is 3.59. The van der Waals surface area contributed by atoms with Gasteiger partial charge in [0, 0.05) is 0 Å². The fraction of sp³-hybridized carbons (Fsp3) is 0.417. The van der Waals surface area contributed by atoms with E-state index in [1.165, 1.54) is 14.2 Å². The minimum Gasteiger partial charge on any atom is -0.493 e. The Morgan fingerprint density at radius 1 is 1.41 bits per heavy atom. The van der Waals surface area contributed by atoms with Gasteiger partial charge < -0.3 is 18.9 Å². The molecule has 5 heteroatoms. The molecule has 1 unspecified atom stereocenters. The number of ether oxygens (including phenoxy) is 4. The van der Waals surface area contributed by atoms with E-state index in [-0.39, 0.29) is 12.7 Å². The van der Waals surface area contributed by atoms with Crippen molar-refractivity contribution < 1.29 is 23.7 Å². The number of methoxy groups -OCH3 is 2. The zero-order valence-electron chi connectivity index (χ0n) is 9.76. The zero-order chi connectivity index (χ0) is 12.3. The van der Waals surface area contributed by atoms with Gasteiger partial charge in [-0.3, -0.25) is 0 Å². The van der Waals surface area contributed by atoms with E-state index in [9.17, 15) is 4.79 Å². The third-order valence-electron chi connectivity index (χ3n) is 2.43. The number of para-hydroxylation sites is 1. The maximum absolute atomic E-state index is 11.8. The summed E-state index contributed by atoms with van der Waals surface area (Å²) in [6.07, 6.45) is 0.0514. The molecule has 0 spiro atoms. The van der Waals surface area contributed by atoms with E-state index in [1.807, 2.05) is 0 Å². The van der Waals surface area contributed by atoms with Crippen LogP contribution in [-0.4, -0.2) is 39.5 Å². The Bertz CT molecular complexity index is 411. The molecule has 0 aliphatic carbocycles. The highest BCUT2D eigenvalue weighted by Gasteiger charge is 2.25. The molecule has 0 radical (unpaired) electrons. The fourth-order valence-corrected chi connectivity index (χ4v) is 1.46. The van der Waals surface area contributed by atoms with Gasteiger partial charge in [-0.15, -0.1) is 0 Å². The Kier molecular flexibility index (Phi) is 3.49. The molecule has 0 N–H and O–H groups in total. The van der Waals surface area contributed by atoms with Gasteiger partial charge in [0.1, 0.15) is 18.3 Å². The maximum atomic E-state index is 11.8. The second-order valence-corrected chi connectivity index (χ2v) is 3.59. The number of benzene rings is 1. The molecule has 17 heavy (non-hydrogen) atoms. The highest BCUT2D eigenvalue weighted by atomic mass is 16.6. The quantitative estimate of drug-likeness (QED) is 0.571. The molecule has 0 amide bonds. The summed E-state index contributed by atoms with van der Waals surface area (Å²) >= 11 is 0. The van der Waals surface area contributed by atoms with Gasteiger partial charge in [-0.05, 0) is 12.1 Å². The first kappa shape index (κ1) is 11.7. The summed E-state index contributed by atoms with van der Waals surface area (Å²) in [6.45, 7) is 0.932. The first-order valence-electron chi connectivity index (χ1n) is 5.26. The van der Waals surface area contributed by atoms with Crippen molar-refractivity contribution in [1.29, 1.82) is 0 Å². The van der Waals surface area contributed by atoms with Crippen molar-refractivity contribution in [1.82, 2.24) is 0 Å². The molecule has 1 heterocycles. The van der Waals surface area contributed by atoms with Crippen LogP contribution in [0.2, 0.25) is 0 Å². The Hall–Kier alpha value is -1.75. The van der Waals surface area contributed by atoms with Gasteiger partial charge >= 0.3 is 5.97 Å². The third kappa shape index (κ3) is 2.68. The number of hydrogen-bond acceptors (Lipinski definition) is 5. The van der Waals surface area contributed by atoms with Crippen LogP contribution in [0.25, 0.3) is 0 Å². The molecule has 92 valence electrons. The zero-order valence-corrected chi connectivity index (χ0v) is 9.76. The molecule has 0 aromatic heterocycles. The molecular weight excluding hydrogens is 224 g/mol. The van der Waals surface area contributed by atoms with Crippen LogP contribution >= 0.6 is 0 Å². The Balaban J connectivity index is 2.14. The number of epoxide rings is 1. The molecule has 1 aromatic carbocycles. The third-order valence-corrected chi connectivity index (χ3v) is 2.43. The highest BCUT2D eigenvalue weighted by molar-refractivity contribution is 5.93. The molecule has 1 fully saturated rings. The highest BCUT2D eigenvalue weighted by Crippen LogP contribution is 2.31. The number of carbonyl (C=O) groups is 1. The van der Waals surface area contributed by atoms with Crippen molar-refractivity contribution in [3.63, 3.8) is 0 Å². The van der Waals surface area contributed by atoms with E-state index in [0.29, 0.717) is 23.7 Å². The van der Waals surface area contributed by atoms with Crippen molar-refractivity contribution in [2.75, 3.05) is 27.4 Å². The molecule has 0 bridgehead atoms. The molecule has 5 nitrogen and oxygen atoms in total. The van der Waals surface area contributed by atoms with E-state index in [2.05, 4.69) is 0 Å². The van der Waals surface area contributed by atoms with Crippen LogP contribution in [0.15, 0.2) is 18.2 Å². The van der Waals surface area contributed by atoms with Gasteiger partial charge in [-0.1, -0.05) is 6.07 Å². The first-order chi connectivity index (χ1) is 8.26. The topological polar surface area (TPSA) is 57.3 Å². The number of esters is 1. The van der Waals surface area contributed by atoms with Crippen LogP contribution in [0, 0.1) is 0 Å². The molecule has 1 aliphatic heterocycles. The molecule has 1 aromatic rings. The summed E-state index contributed by atoms with van der Waals surface area (Å²) in [5.41, 5.74) is 0.354. The van der Waals surface area contributed by atoms with Crippen LogP contribution < -0.4 is 9.47 Å². The largest absolute Gasteiger partial charge is 0.493 e. The van der Waals surface area contributed by atoms with E-state index >= 15 is 0 Å². The lowest BCUT2D eigenvalue weighted by Crippen LogP contribution is -2.11. The first-order valence-corrected chi connectivity index (χ1v) is 5.26. The minimum atomic E-state index is -0.434. The smallest absolute Gasteiger partial charge is 0.342 e. The number of rotatable bonds is 5. The standard InChI is InChI=1S/C12H14O5/c1-14-10-5-3-4-9(11(10)15-2)12(13)17-7-8-6-16-8/h3-5,8H,6-7H2,1-2H3. The van der Waals surface area contributed by atoms with E-state index in [1.54, 1.807) is 18.2 Å². The average molecular weight is 238 g/mol. The van der Waals surface area contributed by atoms with Crippen molar-refractivity contribution in [3.8, 4) is 11.5 Å². The van der Waals surface area contributed by atoms with Crippen LogP contribution in [0.1, 0.15) is 10.4 Å². The summed E-state index contributed by atoms with van der Waals surface area (Å²) in [4.78, 5) is 11.8. The summed E-state index contributed by atoms with van der Waals surface area (Å²) in [6, 6.07) is 5.07. The molecule has 1 saturated heterocycles. The van der Waals surface area contributed by atoms with Gasteiger partial charge in [-0.25, -0.2) is 4.79 Å². The minimum absolute atomic E-state index is 0.0514. The van der Waals surface area contributed by atoms with Crippen molar-refractivity contribution in [2.24, 2.45) is 0 Å². The number of carbonyl (C=O) groups excluding carboxylic acids is 1. The Morgan fingerprint density at radius 2 is 2.18 bits per heavy atom. The SMILES string of the molecule is COc1cccc(C(=O)OCC2CO2)c1OC. The monoisotopic (exact) mass is 238 g/mol. The van der Waals surface area contributed by atoms with Gasteiger partial charge in [0.05, 0.1) is 20.8 Å². The van der Waals surface area contributed by atoms with E-state index < -0.39 is 5.97 Å². The van der Waals surface area contributed by atoms with Crippen molar-refractivity contribution in [3.05, 3.63) is 23.8 Å². The van der Waals surface area contributed by atoms with Crippen LogP contribution in [0.4, 0.5) is 0 Å². The summed E-state index contributed by atoms with van der Waals surface area (Å²) in [5.74, 6) is 0.456. The lowest BCUT2D eigenvalue weighted by molar-refractivity contribution is 0.0472. The average Bonchev–Trinajstić information content (AvgIpc) is 3.18. The Labute approximate surface area is 99.2 Å². The maximum Gasteiger partial charge on any atom is 0.342 e. The fourth-order valence-electron chi connectivity index (χ4n) is 1.46. The van der Waals surface area contributed by atoms with Gasteiger partial charge in [-0.2, -0.15) is 0 Å². The Morgan fingerprint density at radius 3 is 2.76 bits per heavy atom. The van der Waals surface area contributed by atoms with Crippen molar-refractivity contribution in [2.45, 2.75) is 6.10 Å². The van der Waals surface area contributed by atoms with E-state index in [4.69, 9.17) is 18.9 Å². The molecule has 1 aliphatic rings. The molecule has 1 atom stereocenters. The predicted molar refractivity (Wildman–Crippen MR) is 59.6 cm³/mol. The summed E-state index contributed by atoms with van der Waals surface area (Å²) in [7, 11) is 3.00. The lowest BCUT2D eigenvalue weighted by atomic mass is 10.2. The normalized spacial score (nSPS) is 17.4. The summed E-state index contributed by atoms with van der Waals surface area (Å²) < 4.78 is 20.3. The van der Waals surface area contributed by atoms with Gasteiger partial charge in [0.2, 0.25) is 0 Å². The number of hydrogen-bond donors (Lipinski definition) is 0. The molecule has 2 rings (SSSR count). The molecular formula is C12H14O5. The van der Waals surface area contributed by atoms with Gasteiger partial charge in [0.15, 0.2) is 11.5 Å². The lowest BCUT2D eigenvalue weighted by Gasteiger charge is -2.11. The van der Waals surface area contributed by atoms with Gasteiger partial charge in [0.25, 0.3) is 0 Å². The summed E-state index contributed by atoms with van der Waals surface area (Å²) in [5, 5.41) is 0. The van der Waals surface area contributed by atoms with Crippen molar-refractivity contribution >= 4 is 5.97 Å². The van der Waals surface area contributed by atoms with E-state index in [0.717, 1.165) is 0 Å². The van der Waals surface area contributed by atoms with Crippen LogP contribution in [0.5, 0.6) is 11.5 Å². The van der Waals surface area contributed by atoms with Crippen LogP contribution in [-0.2, 0) is 9.47 Å². The second kappa shape index (κ2) is 5.05. The predicted octanol–water partition coefficient (Wildman–Crippen LogP) is 1.26. The van der Waals surface area contributed by atoms with Crippen LogP contribution in [0.3, 0.4) is 0 Å².